The van der Waals surface area contributed by atoms with Crippen LogP contribution < -0.4 is 10.4 Å². The molecule has 0 fully saturated rings. The molecule has 98 valence electrons. The molecule has 1 aromatic carbocycles. The molecule has 0 radical (unpaired) electrons. The third kappa shape index (κ3) is 2.79. The third-order valence-electron chi connectivity index (χ3n) is 2.51. The second-order valence-electron chi connectivity index (χ2n) is 3.87. The molecule has 1 heterocycles. The Morgan fingerprint density at radius 3 is 2.47 bits per heavy atom. The molecule has 0 saturated heterocycles. The molecule has 0 spiro atoms. The van der Waals surface area contributed by atoms with Gasteiger partial charge in [-0.25, -0.2) is 4.39 Å². The number of rotatable bonds is 3. The van der Waals surface area contributed by atoms with Gasteiger partial charge in [-0.05, 0) is 42.1 Å². The van der Waals surface area contributed by atoms with E-state index in [1.807, 2.05) is 0 Å². The van der Waals surface area contributed by atoms with Gasteiger partial charge in [0.15, 0.2) is 0 Å². The van der Waals surface area contributed by atoms with Crippen LogP contribution >= 0.6 is 11.3 Å². The first-order valence-corrected chi connectivity index (χ1v) is 6.23. The molecule has 0 saturated carbocycles. The maximum Gasteiger partial charge on any atom is 0.255 e. The smallest absolute Gasteiger partial charge is 0.255 e. The summed E-state index contributed by atoms with van der Waals surface area (Å²) in [5, 5.41) is 15.0. The Morgan fingerprint density at radius 1 is 1.26 bits per heavy atom. The molecule has 2 aromatic rings. The van der Waals surface area contributed by atoms with E-state index in [-0.39, 0.29) is 16.1 Å². The largest absolute Gasteiger partial charge is 0.544 e. The first-order valence-electron chi connectivity index (χ1n) is 5.35. The Morgan fingerprint density at radius 2 is 1.89 bits per heavy atom. The lowest BCUT2D eigenvalue weighted by Crippen LogP contribution is -2.23. The van der Waals surface area contributed by atoms with Gasteiger partial charge in [-0.2, -0.15) is 0 Å². The molecule has 19 heavy (non-hydrogen) atoms. The van der Waals surface area contributed by atoms with Crippen LogP contribution in [-0.2, 0) is 0 Å². The average Bonchev–Trinajstić information content (AvgIpc) is 2.72. The molecule has 0 aliphatic carbocycles. The van der Waals surface area contributed by atoms with E-state index in [0.29, 0.717) is 5.56 Å². The summed E-state index contributed by atoms with van der Waals surface area (Å²) in [6.45, 7) is 1.68. The van der Waals surface area contributed by atoms with Crippen LogP contribution in [0.15, 0.2) is 29.6 Å². The second kappa shape index (κ2) is 5.19. The second-order valence-corrected chi connectivity index (χ2v) is 4.75. The maximum atomic E-state index is 12.7. The fourth-order valence-electron chi connectivity index (χ4n) is 1.54. The molecule has 2 rings (SSSR count). The van der Waals surface area contributed by atoms with Gasteiger partial charge < -0.3 is 15.2 Å². The summed E-state index contributed by atoms with van der Waals surface area (Å²) < 4.78 is 12.7. The number of carboxylic acids is 1. The summed E-state index contributed by atoms with van der Waals surface area (Å²) in [6.07, 6.45) is 0. The number of carbonyl (C=O) groups is 2. The fourth-order valence-corrected chi connectivity index (χ4v) is 2.38. The highest BCUT2D eigenvalue weighted by atomic mass is 32.1. The van der Waals surface area contributed by atoms with Gasteiger partial charge in [0.05, 0.1) is 16.5 Å². The number of carbonyl (C=O) groups excluding carboxylic acids is 2. The van der Waals surface area contributed by atoms with E-state index in [2.05, 4.69) is 5.32 Å². The van der Waals surface area contributed by atoms with E-state index in [1.165, 1.54) is 12.1 Å². The molecule has 0 bridgehead atoms. The van der Waals surface area contributed by atoms with E-state index in [0.717, 1.165) is 23.5 Å². The van der Waals surface area contributed by atoms with E-state index in [1.54, 1.807) is 12.3 Å². The molecule has 0 atom stereocenters. The van der Waals surface area contributed by atoms with Crippen molar-refractivity contribution in [2.75, 3.05) is 5.32 Å². The quantitative estimate of drug-likeness (QED) is 0.931. The van der Waals surface area contributed by atoms with Crippen LogP contribution in [0.5, 0.6) is 0 Å². The lowest BCUT2D eigenvalue weighted by atomic mass is 10.2. The number of aromatic carboxylic acids is 1. The number of aryl methyl sites for hydroxylation is 1. The van der Waals surface area contributed by atoms with Crippen molar-refractivity contribution in [3.8, 4) is 0 Å². The Kier molecular flexibility index (Phi) is 3.62. The first-order chi connectivity index (χ1) is 8.99. The molecule has 4 nitrogen and oxygen atoms in total. The number of carboxylic acid groups (broad SMARTS) is 1. The fraction of sp³-hybridized carbons (Fsp3) is 0.0769. The normalized spacial score (nSPS) is 10.2. The Hall–Kier alpha value is -2.21. The van der Waals surface area contributed by atoms with Gasteiger partial charge in [0, 0.05) is 5.56 Å². The summed E-state index contributed by atoms with van der Waals surface area (Å²) in [5.74, 6) is -2.28. The monoisotopic (exact) mass is 278 g/mol. The number of nitrogens with one attached hydrogen (secondary N) is 1. The Labute approximate surface area is 112 Å². The van der Waals surface area contributed by atoms with Crippen molar-refractivity contribution in [2.24, 2.45) is 0 Å². The number of benzene rings is 1. The number of amides is 1. The standard InChI is InChI=1S/C13H10FNO3S/c1-7-6-19-11(13(17)18)10(7)15-12(16)8-2-4-9(14)5-3-8/h2-6H,1H3,(H,15,16)(H,17,18)/p-1. The van der Waals surface area contributed by atoms with Crippen molar-refractivity contribution in [1.82, 2.24) is 0 Å². The van der Waals surface area contributed by atoms with Crippen molar-refractivity contribution in [1.29, 1.82) is 0 Å². The summed E-state index contributed by atoms with van der Waals surface area (Å²) in [6, 6.07) is 4.97. The van der Waals surface area contributed by atoms with Crippen LogP contribution in [0.4, 0.5) is 10.1 Å². The minimum Gasteiger partial charge on any atom is -0.544 e. The average molecular weight is 278 g/mol. The van der Waals surface area contributed by atoms with Crippen LogP contribution in [0.2, 0.25) is 0 Å². The van der Waals surface area contributed by atoms with E-state index >= 15 is 0 Å². The SMILES string of the molecule is Cc1csc(C(=O)[O-])c1NC(=O)c1ccc(F)cc1. The number of thiophene rings is 1. The van der Waals surface area contributed by atoms with E-state index in [9.17, 15) is 19.1 Å². The maximum absolute atomic E-state index is 12.7. The van der Waals surface area contributed by atoms with Gasteiger partial charge in [-0.1, -0.05) is 0 Å². The summed E-state index contributed by atoms with van der Waals surface area (Å²) in [7, 11) is 0. The minimum atomic E-state index is -1.34. The molecule has 1 N–H and O–H groups in total. The van der Waals surface area contributed by atoms with Gasteiger partial charge in [-0.3, -0.25) is 4.79 Å². The van der Waals surface area contributed by atoms with Gasteiger partial charge in [-0.15, -0.1) is 11.3 Å². The van der Waals surface area contributed by atoms with E-state index < -0.39 is 17.7 Å². The Balaban J connectivity index is 2.26. The van der Waals surface area contributed by atoms with Crippen molar-refractivity contribution < 1.29 is 19.1 Å². The number of anilines is 1. The molecule has 0 aliphatic rings. The molecule has 6 heteroatoms. The topological polar surface area (TPSA) is 69.2 Å². The zero-order valence-corrected chi connectivity index (χ0v) is 10.7. The lowest BCUT2D eigenvalue weighted by Gasteiger charge is -2.08. The molecular weight excluding hydrogens is 269 g/mol. The zero-order chi connectivity index (χ0) is 14.0. The van der Waals surface area contributed by atoms with Crippen molar-refractivity contribution in [3.63, 3.8) is 0 Å². The highest BCUT2D eigenvalue weighted by molar-refractivity contribution is 7.12. The van der Waals surface area contributed by atoms with Crippen LogP contribution in [0.1, 0.15) is 25.6 Å². The third-order valence-corrected chi connectivity index (χ3v) is 3.58. The summed E-state index contributed by atoms with van der Waals surface area (Å²) in [5.41, 5.74) is 1.11. The highest BCUT2D eigenvalue weighted by Crippen LogP contribution is 2.27. The minimum absolute atomic E-state index is 0.0343. The number of hydrogen-bond donors (Lipinski definition) is 1. The van der Waals surface area contributed by atoms with Gasteiger partial charge in [0.25, 0.3) is 5.91 Å². The van der Waals surface area contributed by atoms with Crippen molar-refractivity contribution >= 4 is 28.9 Å². The highest BCUT2D eigenvalue weighted by Gasteiger charge is 2.14. The molecule has 0 aliphatic heterocycles. The van der Waals surface area contributed by atoms with Crippen LogP contribution in [0.25, 0.3) is 0 Å². The predicted molar refractivity (Wildman–Crippen MR) is 67.7 cm³/mol. The first kappa shape index (κ1) is 13.2. The van der Waals surface area contributed by atoms with Gasteiger partial charge in [0.2, 0.25) is 0 Å². The van der Waals surface area contributed by atoms with Crippen LogP contribution in [-0.4, -0.2) is 11.9 Å². The summed E-state index contributed by atoms with van der Waals surface area (Å²) in [4.78, 5) is 22.8. The van der Waals surface area contributed by atoms with Gasteiger partial charge >= 0.3 is 0 Å². The molecular formula is C13H9FNO3S-. The summed E-state index contributed by atoms with van der Waals surface area (Å²) >= 11 is 0.987. The van der Waals surface area contributed by atoms with Crippen LogP contribution in [0, 0.1) is 12.7 Å². The van der Waals surface area contributed by atoms with Gasteiger partial charge in [0.1, 0.15) is 5.82 Å². The van der Waals surface area contributed by atoms with Crippen molar-refractivity contribution in [3.05, 3.63) is 51.5 Å². The molecule has 1 amide bonds. The lowest BCUT2D eigenvalue weighted by molar-refractivity contribution is -0.254. The number of halogens is 1. The number of hydrogen-bond acceptors (Lipinski definition) is 4. The zero-order valence-electron chi connectivity index (χ0n) is 9.90. The molecule has 1 aromatic heterocycles. The van der Waals surface area contributed by atoms with E-state index in [4.69, 9.17) is 0 Å². The predicted octanol–water partition coefficient (Wildman–Crippen LogP) is 1.81. The van der Waals surface area contributed by atoms with Crippen LogP contribution in [0.3, 0.4) is 0 Å². The Bertz CT molecular complexity index is 634. The van der Waals surface area contributed by atoms with Crippen molar-refractivity contribution in [2.45, 2.75) is 6.92 Å². The molecule has 0 unspecified atom stereocenters.